The van der Waals surface area contributed by atoms with Gasteiger partial charge in [-0.15, -0.1) is 0 Å². The van der Waals surface area contributed by atoms with Crippen LogP contribution < -0.4 is 4.90 Å². The monoisotopic (exact) mass is 380 g/mol. The predicted molar refractivity (Wildman–Crippen MR) is 106 cm³/mol. The van der Waals surface area contributed by atoms with Crippen molar-refractivity contribution in [3.63, 3.8) is 0 Å². The van der Waals surface area contributed by atoms with E-state index in [-0.39, 0.29) is 23.9 Å². The van der Waals surface area contributed by atoms with Crippen molar-refractivity contribution in [3.05, 3.63) is 77.1 Å². The fourth-order valence-electron chi connectivity index (χ4n) is 3.69. The Bertz CT molecular complexity index is 954. The van der Waals surface area contributed by atoms with E-state index in [1.807, 2.05) is 61.0 Å². The number of aromatic nitrogens is 3. The van der Waals surface area contributed by atoms with Crippen LogP contribution in [0, 0.1) is 5.92 Å². The zero-order chi connectivity index (χ0) is 19.0. The van der Waals surface area contributed by atoms with Crippen LogP contribution in [0.15, 0.2) is 60.9 Å². The Labute approximate surface area is 163 Å². The number of benzene rings is 2. The van der Waals surface area contributed by atoms with Crippen LogP contribution in [-0.4, -0.2) is 20.7 Å². The first-order valence-corrected chi connectivity index (χ1v) is 9.47. The highest BCUT2D eigenvalue weighted by Crippen LogP contribution is 2.43. The van der Waals surface area contributed by atoms with Crippen molar-refractivity contribution in [2.24, 2.45) is 5.92 Å². The Morgan fingerprint density at radius 2 is 1.78 bits per heavy atom. The van der Waals surface area contributed by atoms with E-state index in [0.29, 0.717) is 17.4 Å². The van der Waals surface area contributed by atoms with Gasteiger partial charge in [0.15, 0.2) is 0 Å². The summed E-state index contributed by atoms with van der Waals surface area (Å²) in [6.07, 6.45) is 2.19. The molecule has 0 aliphatic carbocycles. The van der Waals surface area contributed by atoms with E-state index in [1.165, 1.54) is 6.33 Å². The van der Waals surface area contributed by atoms with Crippen LogP contribution in [-0.2, 0) is 4.79 Å². The van der Waals surface area contributed by atoms with Crippen molar-refractivity contribution in [1.29, 1.82) is 0 Å². The highest BCUT2D eigenvalue weighted by Gasteiger charge is 2.40. The first-order chi connectivity index (χ1) is 13.1. The molecule has 0 saturated heterocycles. The lowest BCUT2D eigenvalue weighted by atomic mass is 9.91. The van der Waals surface area contributed by atoms with Crippen LogP contribution in [0.25, 0.3) is 0 Å². The summed E-state index contributed by atoms with van der Waals surface area (Å²) >= 11 is 6.49. The van der Waals surface area contributed by atoms with Gasteiger partial charge in [0, 0.05) is 10.9 Å². The predicted octanol–water partition coefficient (Wildman–Crippen LogP) is 4.65. The average molecular weight is 381 g/mol. The average Bonchev–Trinajstić information content (AvgIpc) is 3.17. The van der Waals surface area contributed by atoms with E-state index in [9.17, 15) is 4.79 Å². The Morgan fingerprint density at radius 3 is 2.48 bits per heavy atom. The van der Waals surface area contributed by atoms with Crippen LogP contribution in [0.4, 0.5) is 5.95 Å². The van der Waals surface area contributed by atoms with Gasteiger partial charge in [-0.2, -0.15) is 10.1 Å². The molecule has 1 aliphatic heterocycles. The van der Waals surface area contributed by atoms with Gasteiger partial charge in [-0.05, 0) is 23.6 Å². The first-order valence-electron chi connectivity index (χ1n) is 9.10. The Morgan fingerprint density at radius 1 is 1.07 bits per heavy atom. The van der Waals surface area contributed by atoms with Crippen molar-refractivity contribution in [3.8, 4) is 0 Å². The third kappa shape index (κ3) is 3.12. The maximum atomic E-state index is 13.1. The van der Waals surface area contributed by atoms with E-state index in [4.69, 9.17) is 11.6 Å². The molecular weight excluding hydrogens is 360 g/mol. The number of carbonyl (C=O) groups excluding carboxylic acids is 1. The minimum absolute atomic E-state index is 0.0377. The molecule has 0 fully saturated rings. The molecule has 4 rings (SSSR count). The number of carbonyl (C=O) groups is 1. The Balaban J connectivity index is 1.87. The number of rotatable bonds is 3. The van der Waals surface area contributed by atoms with Gasteiger partial charge in [0.2, 0.25) is 11.9 Å². The fourth-order valence-corrected chi connectivity index (χ4v) is 3.95. The summed E-state index contributed by atoms with van der Waals surface area (Å²) < 4.78 is 1.82. The Kier molecular flexibility index (Phi) is 4.70. The van der Waals surface area contributed by atoms with E-state index in [1.54, 1.807) is 4.90 Å². The molecule has 1 amide bonds. The van der Waals surface area contributed by atoms with Gasteiger partial charge >= 0.3 is 0 Å². The topological polar surface area (TPSA) is 51.0 Å². The number of nitrogens with zero attached hydrogens (tertiary/aromatic N) is 4. The number of anilines is 1. The Hall–Kier alpha value is -2.66. The molecule has 2 aromatic carbocycles. The van der Waals surface area contributed by atoms with Gasteiger partial charge in [0.25, 0.3) is 0 Å². The lowest BCUT2D eigenvalue weighted by Gasteiger charge is -2.40. The van der Waals surface area contributed by atoms with Gasteiger partial charge in [0.05, 0.1) is 12.1 Å². The molecule has 0 radical (unpaired) electrons. The largest absolute Gasteiger partial charge is 0.274 e. The van der Waals surface area contributed by atoms with Gasteiger partial charge < -0.3 is 0 Å². The standard InChI is InChI=1S/C21H21ClN4O/c1-14(2)20(27)25-18(15-8-4-3-5-9-15)12-19(26-21(25)23-13-24-26)16-10-6-7-11-17(16)22/h3-11,13-14,18-19H,12H2,1-2H3/t18-,19+/m0/s1. The van der Waals surface area contributed by atoms with Crippen LogP contribution in [0.2, 0.25) is 5.02 Å². The van der Waals surface area contributed by atoms with Crippen molar-refractivity contribution in [2.45, 2.75) is 32.4 Å². The molecule has 0 saturated carbocycles. The SMILES string of the molecule is CC(C)C(=O)N1c2ncnn2[C@@H](c2ccccc2Cl)C[C@H]1c1ccccc1. The van der Waals surface area contributed by atoms with Gasteiger partial charge in [0.1, 0.15) is 6.33 Å². The van der Waals surface area contributed by atoms with E-state index < -0.39 is 0 Å². The molecule has 3 aromatic rings. The molecule has 0 unspecified atom stereocenters. The van der Waals surface area contributed by atoms with Crippen LogP contribution in [0.1, 0.15) is 43.5 Å². The lowest BCUT2D eigenvalue weighted by Crippen LogP contribution is -2.44. The second-order valence-corrected chi connectivity index (χ2v) is 7.47. The highest BCUT2D eigenvalue weighted by molar-refractivity contribution is 6.31. The third-order valence-electron chi connectivity index (χ3n) is 5.00. The molecule has 0 N–H and O–H groups in total. The summed E-state index contributed by atoms with van der Waals surface area (Å²) in [6, 6.07) is 17.7. The minimum atomic E-state index is -0.141. The van der Waals surface area contributed by atoms with Gasteiger partial charge in [-0.1, -0.05) is 74.0 Å². The molecule has 0 spiro atoms. The summed E-state index contributed by atoms with van der Waals surface area (Å²) in [5.41, 5.74) is 2.07. The molecular formula is C21H21ClN4O. The number of amides is 1. The number of hydrogen-bond acceptors (Lipinski definition) is 3. The van der Waals surface area contributed by atoms with Crippen LogP contribution >= 0.6 is 11.6 Å². The van der Waals surface area contributed by atoms with Crippen LogP contribution in [0.5, 0.6) is 0 Å². The second-order valence-electron chi connectivity index (χ2n) is 7.07. The molecule has 2 heterocycles. The molecule has 1 aliphatic rings. The molecule has 5 nitrogen and oxygen atoms in total. The van der Waals surface area contributed by atoms with E-state index in [0.717, 1.165) is 11.1 Å². The highest BCUT2D eigenvalue weighted by atomic mass is 35.5. The zero-order valence-corrected chi connectivity index (χ0v) is 16.0. The third-order valence-corrected chi connectivity index (χ3v) is 5.35. The molecule has 1 aromatic heterocycles. The molecule has 2 atom stereocenters. The maximum Gasteiger partial charge on any atom is 0.232 e. The van der Waals surface area contributed by atoms with Crippen molar-refractivity contribution >= 4 is 23.5 Å². The quantitative estimate of drug-likeness (QED) is 0.664. The second kappa shape index (κ2) is 7.16. The van der Waals surface area contributed by atoms with Gasteiger partial charge in [-0.3, -0.25) is 9.69 Å². The number of fused-ring (bicyclic) bond motifs is 1. The van der Waals surface area contributed by atoms with Crippen molar-refractivity contribution < 1.29 is 4.79 Å². The fraction of sp³-hybridized carbons (Fsp3) is 0.286. The summed E-state index contributed by atoms with van der Waals surface area (Å²) in [4.78, 5) is 19.3. The lowest BCUT2D eigenvalue weighted by molar-refractivity contribution is -0.122. The van der Waals surface area contributed by atoms with Crippen molar-refractivity contribution in [1.82, 2.24) is 14.8 Å². The molecule has 0 bridgehead atoms. The normalized spacial score (nSPS) is 19.2. The van der Waals surface area contributed by atoms with Gasteiger partial charge in [-0.25, -0.2) is 4.68 Å². The summed E-state index contributed by atoms with van der Waals surface area (Å²) in [5.74, 6) is 0.465. The van der Waals surface area contributed by atoms with Crippen molar-refractivity contribution in [2.75, 3.05) is 4.90 Å². The van der Waals surface area contributed by atoms with E-state index in [2.05, 4.69) is 22.2 Å². The summed E-state index contributed by atoms with van der Waals surface area (Å²) in [7, 11) is 0. The molecule has 6 heteroatoms. The smallest absolute Gasteiger partial charge is 0.232 e. The number of halogens is 1. The first kappa shape index (κ1) is 17.7. The van der Waals surface area contributed by atoms with Crippen LogP contribution in [0.3, 0.4) is 0 Å². The van der Waals surface area contributed by atoms with E-state index >= 15 is 0 Å². The summed E-state index contributed by atoms with van der Waals surface area (Å²) in [5, 5.41) is 5.12. The number of hydrogen-bond donors (Lipinski definition) is 0. The molecule has 138 valence electrons. The minimum Gasteiger partial charge on any atom is -0.274 e. The zero-order valence-electron chi connectivity index (χ0n) is 15.3. The summed E-state index contributed by atoms with van der Waals surface area (Å²) in [6.45, 7) is 3.82. The maximum absolute atomic E-state index is 13.1. The molecule has 27 heavy (non-hydrogen) atoms.